The van der Waals surface area contributed by atoms with Crippen molar-refractivity contribution in [3.8, 4) is 22.3 Å². The van der Waals surface area contributed by atoms with Gasteiger partial charge in [0.1, 0.15) is 18.7 Å². The molecule has 2 aromatic rings. The molecule has 6 atom stereocenters. The van der Waals surface area contributed by atoms with Crippen molar-refractivity contribution in [2.24, 2.45) is 23.2 Å². The number of aryl methyl sites for hydroxylation is 1. The van der Waals surface area contributed by atoms with Crippen LogP contribution in [-0.2, 0) is 30.4 Å². The first-order chi connectivity index (χ1) is 23.9. The first kappa shape index (κ1) is 37.3. The summed E-state index contributed by atoms with van der Waals surface area (Å²) in [5, 5.41) is 18.8. The fourth-order valence-corrected chi connectivity index (χ4v) is 7.69. The zero-order valence-corrected chi connectivity index (χ0v) is 30.1. The summed E-state index contributed by atoms with van der Waals surface area (Å²) in [6.45, 7) is 7.98. The fraction of sp³-hybridized carbons (Fsp3) is 0.595. The highest BCUT2D eigenvalue weighted by molar-refractivity contribution is 7.13. The molecule has 0 bridgehead atoms. The lowest BCUT2D eigenvalue weighted by atomic mass is 9.85. The van der Waals surface area contributed by atoms with E-state index in [0.29, 0.717) is 24.4 Å². The number of aromatic nitrogens is 1. The summed E-state index contributed by atoms with van der Waals surface area (Å²) in [6, 6.07) is 6.00. The van der Waals surface area contributed by atoms with E-state index in [0.717, 1.165) is 47.4 Å². The third kappa shape index (κ3) is 9.83. The molecule has 270 valence electrons. The highest BCUT2D eigenvalue weighted by Gasteiger charge is 2.49. The molecule has 2 fully saturated rings. The van der Waals surface area contributed by atoms with Crippen LogP contribution in [-0.4, -0.2) is 89.9 Å². The van der Waals surface area contributed by atoms with Gasteiger partial charge in [0.2, 0.25) is 17.7 Å². The summed E-state index contributed by atoms with van der Waals surface area (Å²) in [7, 11) is 0. The minimum Gasteiger partial charge on any atom is -0.449 e. The van der Waals surface area contributed by atoms with E-state index >= 15 is 0 Å². The molecular weight excluding hydrogens is 659 g/mol. The van der Waals surface area contributed by atoms with Crippen LogP contribution in [0.1, 0.15) is 64.1 Å². The molecule has 2 heterocycles. The van der Waals surface area contributed by atoms with Gasteiger partial charge in [0.15, 0.2) is 0 Å². The number of hydrogen-bond acceptors (Lipinski definition) is 9. The molecular formula is C37H49N5O7S. The number of aliphatic hydroxyl groups excluding tert-OH is 1. The van der Waals surface area contributed by atoms with Crippen molar-refractivity contribution in [3.05, 3.63) is 41.0 Å². The highest BCUT2D eigenvalue weighted by atomic mass is 32.1. The number of likely N-dealkylation sites (tertiary alicyclic amines) is 1. The molecule has 1 unspecified atom stereocenters. The van der Waals surface area contributed by atoms with Crippen molar-refractivity contribution in [3.63, 3.8) is 0 Å². The fourth-order valence-electron chi connectivity index (χ4n) is 6.88. The topological polar surface area (TPSA) is 159 Å². The number of amides is 4. The number of hydrogen-bond donors (Lipinski definition) is 4. The molecule has 1 saturated carbocycles. The second kappa shape index (κ2) is 16.8. The third-order valence-electron chi connectivity index (χ3n) is 9.71. The van der Waals surface area contributed by atoms with E-state index in [9.17, 15) is 24.3 Å². The monoisotopic (exact) mass is 707 g/mol. The molecule has 0 spiro atoms. The molecule has 12 nitrogen and oxygen atoms in total. The van der Waals surface area contributed by atoms with Gasteiger partial charge in [0, 0.05) is 38.9 Å². The van der Waals surface area contributed by atoms with Crippen LogP contribution in [0.25, 0.3) is 10.4 Å². The molecule has 2 aliphatic carbocycles. The number of carbonyl (C=O) groups is 4. The van der Waals surface area contributed by atoms with Gasteiger partial charge in [-0.3, -0.25) is 14.4 Å². The van der Waals surface area contributed by atoms with Crippen molar-refractivity contribution < 1.29 is 33.8 Å². The zero-order valence-electron chi connectivity index (χ0n) is 29.3. The van der Waals surface area contributed by atoms with Crippen LogP contribution in [0.3, 0.4) is 0 Å². The van der Waals surface area contributed by atoms with Crippen LogP contribution in [0.15, 0.2) is 29.8 Å². The Hall–Kier alpha value is -3.99. The maximum atomic E-state index is 13.8. The van der Waals surface area contributed by atoms with Gasteiger partial charge >= 0.3 is 6.09 Å². The Morgan fingerprint density at radius 1 is 1.08 bits per heavy atom. The van der Waals surface area contributed by atoms with Gasteiger partial charge < -0.3 is 35.4 Å². The minimum atomic E-state index is -0.971. The number of rotatable bonds is 13. The van der Waals surface area contributed by atoms with Crippen molar-refractivity contribution in [1.29, 1.82) is 0 Å². The lowest BCUT2D eigenvalue weighted by Crippen LogP contribution is -2.58. The van der Waals surface area contributed by atoms with Gasteiger partial charge in [-0.15, -0.1) is 23.2 Å². The van der Waals surface area contributed by atoms with E-state index in [-0.39, 0.29) is 45.2 Å². The molecule has 4 amide bonds. The molecule has 50 heavy (non-hydrogen) atoms. The third-order valence-corrected chi connectivity index (χ3v) is 10.7. The van der Waals surface area contributed by atoms with Crippen molar-refractivity contribution in [2.45, 2.75) is 84.5 Å². The van der Waals surface area contributed by atoms with Crippen LogP contribution in [0.4, 0.5) is 4.79 Å². The smallest absolute Gasteiger partial charge is 0.407 e. The normalized spacial score (nSPS) is 23.3. The summed E-state index contributed by atoms with van der Waals surface area (Å²) in [5.41, 5.74) is 4.02. The van der Waals surface area contributed by atoms with E-state index in [1.807, 2.05) is 57.5 Å². The number of nitrogens with one attached hydrogen (secondary N) is 3. The van der Waals surface area contributed by atoms with Gasteiger partial charge in [0.05, 0.1) is 35.4 Å². The summed E-state index contributed by atoms with van der Waals surface area (Å²) >= 11 is 1.57. The lowest BCUT2D eigenvalue weighted by Gasteiger charge is -2.35. The highest BCUT2D eigenvalue weighted by Crippen LogP contribution is 2.52. The number of carbonyl (C=O) groups excluding carboxylic acids is 4. The molecule has 1 aromatic carbocycles. The van der Waals surface area contributed by atoms with Crippen molar-refractivity contribution in [1.82, 2.24) is 25.8 Å². The summed E-state index contributed by atoms with van der Waals surface area (Å²) in [4.78, 5) is 58.9. The SMILES string of the molecule is Cc1ncsc1-c1ccc(CNC(=O)[C@@H]2C[C@@H](O)CN2C(=O)[C@@H](NC(=O)COCCNC(=O)OCC2[C@H]3CCC#CCC[C@@H]23)C(C)(C)C)cc1. The molecule has 4 N–H and O–H groups in total. The van der Waals surface area contributed by atoms with E-state index in [2.05, 4.69) is 32.8 Å². The molecule has 1 aliphatic heterocycles. The number of aliphatic hydroxyl groups is 1. The van der Waals surface area contributed by atoms with Gasteiger partial charge in [-0.2, -0.15) is 0 Å². The van der Waals surface area contributed by atoms with Gasteiger partial charge in [-0.1, -0.05) is 45.0 Å². The number of alkyl carbamates (subject to hydrolysis) is 1. The molecule has 1 aromatic heterocycles. The lowest BCUT2D eigenvalue weighted by molar-refractivity contribution is -0.144. The predicted molar refractivity (Wildman–Crippen MR) is 189 cm³/mol. The minimum absolute atomic E-state index is 0.0169. The molecule has 5 rings (SSSR count). The Morgan fingerprint density at radius 2 is 1.78 bits per heavy atom. The first-order valence-electron chi connectivity index (χ1n) is 17.4. The van der Waals surface area contributed by atoms with Gasteiger partial charge in [-0.25, -0.2) is 9.78 Å². The van der Waals surface area contributed by atoms with Crippen LogP contribution in [0.5, 0.6) is 0 Å². The van der Waals surface area contributed by atoms with E-state index in [1.165, 1.54) is 4.90 Å². The summed E-state index contributed by atoms with van der Waals surface area (Å²) in [6.07, 6.45) is 2.65. The molecule has 3 aliphatic rings. The Kier molecular flexibility index (Phi) is 12.5. The average molecular weight is 708 g/mol. The molecule has 0 radical (unpaired) electrons. The standard InChI is InChI=1S/C37H49N5O7S/c1-23-32(50-22-40-23)25-13-11-24(12-14-25)18-39-34(45)30-17-26(43)19-42(30)35(46)33(37(2,3)4)41-31(44)21-48-16-15-38-36(47)49-20-29-27-9-7-5-6-8-10-28(27)29/h11-14,22,26-30,33,43H,7-10,15-21H2,1-4H3,(H,38,47)(H,39,45)(H,41,44)/t26-,27-,28+,29?,30+,33-/m1/s1. The largest absolute Gasteiger partial charge is 0.449 e. The predicted octanol–water partition coefficient (Wildman–Crippen LogP) is 3.41. The molecule has 1 saturated heterocycles. The summed E-state index contributed by atoms with van der Waals surface area (Å²) < 4.78 is 10.9. The van der Waals surface area contributed by atoms with Crippen LogP contribution < -0.4 is 16.0 Å². The number of thiazole rings is 1. The quantitative estimate of drug-likeness (QED) is 0.182. The Labute approximate surface area is 298 Å². The molecule has 13 heteroatoms. The Balaban J connectivity index is 1.04. The maximum Gasteiger partial charge on any atom is 0.407 e. The summed E-state index contributed by atoms with van der Waals surface area (Å²) in [5.74, 6) is 6.61. The van der Waals surface area contributed by atoms with E-state index in [4.69, 9.17) is 9.47 Å². The maximum absolute atomic E-state index is 13.8. The van der Waals surface area contributed by atoms with Crippen LogP contribution in [0, 0.1) is 41.9 Å². The second-order valence-electron chi connectivity index (χ2n) is 14.4. The number of fused-ring (bicyclic) bond motifs is 1. The van der Waals surface area contributed by atoms with E-state index in [1.54, 1.807) is 11.3 Å². The second-order valence-corrected chi connectivity index (χ2v) is 15.3. The average Bonchev–Trinajstić information content (AvgIpc) is 3.32. The zero-order chi connectivity index (χ0) is 35.8. The van der Waals surface area contributed by atoms with Crippen molar-refractivity contribution >= 4 is 35.2 Å². The first-order valence-corrected chi connectivity index (χ1v) is 18.3. The van der Waals surface area contributed by atoms with Crippen molar-refractivity contribution in [2.75, 3.05) is 32.9 Å². The van der Waals surface area contributed by atoms with Gasteiger partial charge in [-0.05, 0) is 54.1 Å². The number of β-amino-alcohol motifs (C(OH)–C–C–N with tert-alkyl or cyclic N) is 1. The number of ether oxygens (including phenoxy) is 2. The number of nitrogens with zero attached hydrogens (tertiary/aromatic N) is 2. The Bertz CT molecular complexity index is 1560. The van der Waals surface area contributed by atoms with Crippen LogP contribution >= 0.6 is 11.3 Å². The number of benzene rings is 1. The van der Waals surface area contributed by atoms with Gasteiger partial charge in [0.25, 0.3) is 0 Å². The van der Waals surface area contributed by atoms with Crippen LogP contribution in [0.2, 0.25) is 0 Å². The van der Waals surface area contributed by atoms with E-state index < -0.39 is 41.5 Å². The Morgan fingerprint density at radius 3 is 2.42 bits per heavy atom.